The van der Waals surface area contributed by atoms with Crippen molar-refractivity contribution in [3.8, 4) is 11.3 Å². The van der Waals surface area contributed by atoms with Crippen molar-refractivity contribution in [2.75, 3.05) is 5.32 Å². The minimum absolute atomic E-state index is 0.0416. The van der Waals surface area contributed by atoms with E-state index in [-0.39, 0.29) is 17.3 Å². The lowest BCUT2D eigenvalue weighted by Crippen LogP contribution is -2.33. The summed E-state index contributed by atoms with van der Waals surface area (Å²) in [5, 5.41) is 21.7. The molecule has 0 bridgehead atoms. The third kappa shape index (κ3) is 5.23. The quantitative estimate of drug-likeness (QED) is 0.382. The fourth-order valence-electron chi connectivity index (χ4n) is 4.23. The maximum absolute atomic E-state index is 13.2. The predicted molar refractivity (Wildman–Crippen MR) is 110 cm³/mol. The molecule has 2 atom stereocenters. The highest BCUT2D eigenvalue weighted by atomic mass is 19.4. The second-order valence-corrected chi connectivity index (χ2v) is 8.25. The molecule has 1 aromatic carbocycles. The van der Waals surface area contributed by atoms with Gasteiger partial charge in [0, 0.05) is 11.8 Å². The first-order chi connectivity index (χ1) is 15.5. The van der Waals surface area contributed by atoms with Gasteiger partial charge in [0.25, 0.3) is 0 Å². The monoisotopic (exact) mass is 472 g/mol. The number of hydrogen-bond donors (Lipinski definition) is 2. The molecule has 2 heterocycles. The summed E-state index contributed by atoms with van der Waals surface area (Å²) in [4.78, 5) is 0. The van der Waals surface area contributed by atoms with E-state index >= 15 is 0 Å². The van der Waals surface area contributed by atoms with Crippen LogP contribution in [0.5, 0.6) is 0 Å². The number of nitrogens with one attached hydrogen (secondary N) is 1. The highest BCUT2D eigenvalue weighted by molar-refractivity contribution is 5.80. The Labute approximate surface area is 185 Å². The van der Waals surface area contributed by atoms with Crippen LogP contribution in [0.15, 0.2) is 36.5 Å². The van der Waals surface area contributed by atoms with Crippen LogP contribution in [0.25, 0.3) is 16.8 Å². The molecule has 3 aromatic rings. The van der Waals surface area contributed by atoms with Crippen LogP contribution in [0.1, 0.15) is 43.2 Å². The minimum Gasteiger partial charge on any atom is -0.391 e. The first-order valence-electron chi connectivity index (χ1n) is 10.6. The van der Waals surface area contributed by atoms with Gasteiger partial charge in [-0.05, 0) is 42.7 Å². The Morgan fingerprint density at radius 2 is 1.76 bits per heavy atom. The van der Waals surface area contributed by atoms with Gasteiger partial charge in [0.15, 0.2) is 0 Å². The zero-order chi connectivity index (χ0) is 23.8. The van der Waals surface area contributed by atoms with E-state index in [2.05, 4.69) is 15.5 Å². The summed E-state index contributed by atoms with van der Waals surface area (Å²) in [6, 6.07) is 5.24. The Morgan fingerprint density at radius 3 is 2.48 bits per heavy atom. The van der Waals surface area contributed by atoms with Crippen molar-refractivity contribution in [2.24, 2.45) is 0 Å². The first kappa shape index (κ1) is 23.3. The van der Waals surface area contributed by atoms with E-state index in [1.807, 2.05) is 0 Å². The zero-order valence-corrected chi connectivity index (χ0v) is 17.4. The Balaban J connectivity index is 1.76. The number of aromatic nitrogens is 3. The number of rotatable bonds is 4. The molecule has 1 unspecified atom stereocenters. The fourth-order valence-corrected chi connectivity index (χ4v) is 4.23. The third-order valence-electron chi connectivity index (χ3n) is 5.84. The van der Waals surface area contributed by atoms with Gasteiger partial charge < -0.3 is 10.4 Å². The lowest BCUT2D eigenvalue weighted by Gasteiger charge is -2.23. The maximum atomic E-state index is 13.2. The number of nitrogens with zero attached hydrogens (tertiary/aromatic N) is 3. The van der Waals surface area contributed by atoms with Gasteiger partial charge in [0.05, 0.1) is 29.6 Å². The van der Waals surface area contributed by atoms with E-state index in [4.69, 9.17) is 0 Å². The van der Waals surface area contributed by atoms with Crippen LogP contribution in [0.3, 0.4) is 0 Å². The summed E-state index contributed by atoms with van der Waals surface area (Å²) >= 11 is 0. The number of anilines is 1. The number of fused-ring (bicyclic) bond motifs is 1. The Kier molecular flexibility index (Phi) is 6.26. The van der Waals surface area contributed by atoms with Crippen molar-refractivity contribution in [3.05, 3.63) is 47.7 Å². The number of alkyl halides is 6. The van der Waals surface area contributed by atoms with Crippen LogP contribution < -0.4 is 5.32 Å². The lowest BCUT2D eigenvalue weighted by molar-refractivity contribution is -0.138. The highest BCUT2D eigenvalue weighted by Crippen LogP contribution is 2.37. The molecule has 0 saturated heterocycles. The van der Waals surface area contributed by atoms with Gasteiger partial charge in [-0.15, -0.1) is 10.2 Å². The summed E-state index contributed by atoms with van der Waals surface area (Å²) < 4.78 is 80.4. The molecule has 178 valence electrons. The van der Waals surface area contributed by atoms with Crippen molar-refractivity contribution in [1.29, 1.82) is 0 Å². The van der Waals surface area contributed by atoms with Crippen LogP contribution in [0.4, 0.5) is 32.3 Å². The van der Waals surface area contributed by atoms with Crippen molar-refractivity contribution in [2.45, 2.75) is 63.0 Å². The largest absolute Gasteiger partial charge is 0.416 e. The molecule has 2 aromatic heterocycles. The SMILES string of the molecule is O[C@H]1CCCCCC1Nc1nnc(-c2ccc(C(F)(F)F)cc2CC(F)(F)F)c2cccn12. The van der Waals surface area contributed by atoms with Gasteiger partial charge in [-0.1, -0.05) is 25.3 Å². The van der Waals surface area contributed by atoms with Crippen LogP contribution in [0.2, 0.25) is 0 Å². The van der Waals surface area contributed by atoms with Gasteiger partial charge in [-0.2, -0.15) is 26.3 Å². The molecule has 11 heteroatoms. The second-order valence-electron chi connectivity index (χ2n) is 8.25. The number of aliphatic hydroxyl groups is 1. The molecule has 0 spiro atoms. The summed E-state index contributed by atoms with van der Waals surface area (Å²) in [5.74, 6) is 0.300. The van der Waals surface area contributed by atoms with E-state index in [1.54, 1.807) is 22.7 Å². The van der Waals surface area contributed by atoms with Crippen LogP contribution >= 0.6 is 0 Å². The van der Waals surface area contributed by atoms with E-state index < -0.39 is 36.0 Å². The molecule has 4 rings (SSSR count). The summed E-state index contributed by atoms with van der Waals surface area (Å²) in [6.45, 7) is 0. The number of halogens is 6. The number of hydrogen-bond acceptors (Lipinski definition) is 4. The predicted octanol–water partition coefficient (Wildman–Crippen LogP) is 5.63. The van der Waals surface area contributed by atoms with E-state index in [9.17, 15) is 31.4 Å². The maximum Gasteiger partial charge on any atom is 0.416 e. The van der Waals surface area contributed by atoms with Gasteiger partial charge >= 0.3 is 12.4 Å². The number of benzene rings is 1. The van der Waals surface area contributed by atoms with E-state index in [0.29, 0.717) is 24.0 Å². The second kappa shape index (κ2) is 8.85. The van der Waals surface area contributed by atoms with Crippen molar-refractivity contribution in [1.82, 2.24) is 14.6 Å². The van der Waals surface area contributed by atoms with Crippen LogP contribution in [-0.2, 0) is 12.6 Å². The fraction of sp³-hybridized carbons (Fsp3) is 0.455. The molecule has 1 saturated carbocycles. The standard InChI is InChI=1S/C22H22F6N4O/c23-21(24,25)12-13-11-14(22(26,27)28)8-9-15(13)19-17-6-4-10-32(17)20(31-30-19)29-16-5-2-1-3-7-18(16)33/h4,6,8-11,16,18,33H,1-3,5,7,12H2,(H,29,31)/t16?,18-/m0/s1. The molecular weight excluding hydrogens is 450 g/mol. The molecule has 5 nitrogen and oxygen atoms in total. The smallest absolute Gasteiger partial charge is 0.391 e. The van der Waals surface area contributed by atoms with Crippen molar-refractivity contribution in [3.63, 3.8) is 0 Å². The van der Waals surface area contributed by atoms with E-state index in [1.165, 1.54) is 0 Å². The summed E-state index contributed by atoms with van der Waals surface area (Å²) in [7, 11) is 0. The van der Waals surface area contributed by atoms with Crippen molar-refractivity contribution < 1.29 is 31.4 Å². The topological polar surface area (TPSA) is 62.5 Å². The normalized spacial score (nSPS) is 20.1. The van der Waals surface area contributed by atoms with Gasteiger partial charge in [-0.3, -0.25) is 4.40 Å². The lowest BCUT2D eigenvalue weighted by atomic mass is 9.98. The minimum atomic E-state index is -4.78. The molecule has 0 radical (unpaired) electrons. The molecule has 1 aliphatic carbocycles. The molecule has 33 heavy (non-hydrogen) atoms. The molecule has 0 aliphatic heterocycles. The van der Waals surface area contributed by atoms with Crippen LogP contribution in [0, 0.1) is 0 Å². The summed E-state index contributed by atoms with van der Waals surface area (Å²) in [5.41, 5.74) is -1.34. The van der Waals surface area contributed by atoms with Crippen molar-refractivity contribution >= 4 is 11.5 Å². The average molecular weight is 472 g/mol. The molecule has 1 aliphatic rings. The third-order valence-corrected chi connectivity index (χ3v) is 5.84. The highest BCUT2D eigenvalue weighted by Gasteiger charge is 2.35. The van der Waals surface area contributed by atoms with E-state index in [0.717, 1.165) is 37.8 Å². The van der Waals surface area contributed by atoms with Crippen LogP contribution in [-0.4, -0.2) is 38.0 Å². The summed E-state index contributed by atoms with van der Waals surface area (Å²) in [6.07, 6.45) is -5.74. The number of aliphatic hydroxyl groups excluding tert-OH is 1. The molecule has 0 amide bonds. The molecule has 2 N–H and O–H groups in total. The molecular formula is C22H22F6N4O. The first-order valence-corrected chi connectivity index (χ1v) is 10.6. The Morgan fingerprint density at radius 1 is 1.00 bits per heavy atom. The van der Waals surface area contributed by atoms with Gasteiger partial charge in [-0.25, -0.2) is 0 Å². The Hall–Kier alpha value is -2.82. The van der Waals surface area contributed by atoms with Gasteiger partial charge in [0.2, 0.25) is 5.95 Å². The van der Waals surface area contributed by atoms with Gasteiger partial charge in [0.1, 0.15) is 5.69 Å². The zero-order valence-electron chi connectivity index (χ0n) is 17.4. The average Bonchev–Trinajstić information content (AvgIpc) is 3.13. The molecule has 1 fully saturated rings. The Bertz CT molecular complexity index is 1120.